The van der Waals surface area contributed by atoms with E-state index in [1.165, 1.54) is 11.8 Å². The Morgan fingerprint density at radius 2 is 1.85 bits per heavy atom. The second kappa shape index (κ2) is 7.13. The van der Waals surface area contributed by atoms with E-state index in [2.05, 4.69) is 20.5 Å². The van der Waals surface area contributed by atoms with Crippen LogP contribution in [-0.2, 0) is 11.3 Å². The van der Waals surface area contributed by atoms with Gasteiger partial charge in [-0.1, -0.05) is 54.2 Å². The van der Waals surface area contributed by atoms with Crippen LogP contribution in [0.3, 0.4) is 0 Å². The Kier molecular flexibility index (Phi) is 4.53. The second-order valence-corrected chi connectivity index (χ2v) is 6.83. The van der Waals surface area contributed by atoms with Gasteiger partial charge in [-0.3, -0.25) is 9.20 Å². The number of amides is 1. The average molecular weight is 363 g/mol. The van der Waals surface area contributed by atoms with Gasteiger partial charge in [-0.25, -0.2) is 4.98 Å². The number of hydrogen-bond donors (Lipinski definition) is 1. The summed E-state index contributed by atoms with van der Waals surface area (Å²) in [5.41, 5.74) is 3.57. The molecule has 0 aliphatic heterocycles. The van der Waals surface area contributed by atoms with Crippen molar-refractivity contribution in [2.45, 2.75) is 18.5 Å². The normalized spacial score (nSPS) is 11.1. The fourth-order valence-corrected chi connectivity index (χ4v) is 3.57. The third kappa shape index (κ3) is 3.25. The molecule has 0 aliphatic carbocycles. The van der Waals surface area contributed by atoms with Crippen molar-refractivity contribution in [3.05, 3.63) is 66.0 Å². The molecule has 0 atom stereocenters. The van der Waals surface area contributed by atoms with Crippen molar-refractivity contribution in [2.75, 3.05) is 5.75 Å². The maximum Gasteiger partial charge on any atom is 0.230 e. The average Bonchev–Trinajstić information content (AvgIpc) is 3.07. The Hall–Kier alpha value is -2.93. The van der Waals surface area contributed by atoms with Crippen molar-refractivity contribution in [3.8, 4) is 0 Å². The van der Waals surface area contributed by atoms with E-state index in [9.17, 15) is 4.79 Å². The Morgan fingerprint density at radius 1 is 1.08 bits per heavy atom. The molecule has 0 radical (unpaired) electrons. The molecule has 26 heavy (non-hydrogen) atoms. The van der Waals surface area contributed by atoms with Crippen molar-refractivity contribution in [1.82, 2.24) is 24.9 Å². The first-order valence-electron chi connectivity index (χ1n) is 8.26. The summed E-state index contributed by atoms with van der Waals surface area (Å²) in [7, 11) is 0. The maximum atomic E-state index is 12.2. The van der Waals surface area contributed by atoms with Crippen molar-refractivity contribution in [2.24, 2.45) is 0 Å². The van der Waals surface area contributed by atoms with Gasteiger partial charge in [-0.05, 0) is 24.6 Å². The maximum absolute atomic E-state index is 12.2. The Labute approximate surface area is 154 Å². The van der Waals surface area contributed by atoms with Gasteiger partial charge in [0.05, 0.1) is 16.8 Å². The monoisotopic (exact) mass is 363 g/mol. The lowest BCUT2D eigenvalue weighted by Crippen LogP contribution is -2.24. The molecule has 0 aliphatic rings. The SMILES string of the molecule is Cc1nnc2c(SCC(=O)NCc3ccccc3)nc3ccccc3n12. The lowest BCUT2D eigenvalue weighted by atomic mass is 10.2. The van der Waals surface area contributed by atoms with Gasteiger partial charge in [-0.15, -0.1) is 10.2 Å². The number of aryl methyl sites for hydroxylation is 1. The minimum absolute atomic E-state index is 0.0387. The molecule has 1 N–H and O–H groups in total. The molecule has 7 heteroatoms. The molecular formula is C19H17N5OS. The first-order chi connectivity index (χ1) is 12.7. The fraction of sp³-hybridized carbons (Fsp3) is 0.158. The highest BCUT2D eigenvalue weighted by molar-refractivity contribution is 8.00. The highest BCUT2D eigenvalue weighted by Crippen LogP contribution is 2.25. The number of fused-ring (bicyclic) bond motifs is 3. The number of rotatable bonds is 5. The lowest BCUT2D eigenvalue weighted by Gasteiger charge is -2.08. The molecule has 0 unspecified atom stereocenters. The standard InChI is InChI=1S/C19H17N5OS/c1-13-22-23-18-19(21-15-9-5-6-10-16(15)24(13)18)26-12-17(25)20-11-14-7-3-2-4-8-14/h2-10H,11-12H2,1H3,(H,20,25). The molecule has 0 saturated heterocycles. The van der Waals surface area contributed by atoms with Crippen molar-refractivity contribution in [1.29, 1.82) is 0 Å². The summed E-state index contributed by atoms with van der Waals surface area (Å²) in [6, 6.07) is 17.7. The number of carbonyl (C=O) groups is 1. The van der Waals surface area contributed by atoms with E-state index in [1.807, 2.05) is 65.9 Å². The van der Waals surface area contributed by atoms with Crippen LogP contribution in [0.4, 0.5) is 0 Å². The summed E-state index contributed by atoms with van der Waals surface area (Å²) in [5, 5.41) is 12.0. The number of carbonyl (C=O) groups excluding carboxylic acids is 1. The number of para-hydroxylation sites is 2. The van der Waals surface area contributed by atoms with Gasteiger partial charge in [0.2, 0.25) is 5.91 Å². The van der Waals surface area contributed by atoms with E-state index in [0.29, 0.717) is 17.2 Å². The third-order valence-electron chi connectivity index (χ3n) is 4.03. The van der Waals surface area contributed by atoms with E-state index >= 15 is 0 Å². The zero-order chi connectivity index (χ0) is 17.9. The third-order valence-corrected chi connectivity index (χ3v) is 4.99. The Morgan fingerprint density at radius 3 is 2.69 bits per heavy atom. The zero-order valence-corrected chi connectivity index (χ0v) is 15.0. The number of thioether (sulfide) groups is 1. The van der Waals surface area contributed by atoms with Gasteiger partial charge in [0.25, 0.3) is 0 Å². The van der Waals surface area contributed by atoms with E-state index < -0.39 is 0 Å². The summed E-state index contributed by atoms with van der Waals surface area (Å²) >= 11 is 1.37. The van der Waals surface area contributed by atoms with Gasteiger partial charge < -0.3 is 5.32 Å². The molecule has 2 heterocycles. The van der Waals surface area contributed by atoms with Crippen LogP contribution in [0, 0.1) is 6.92 Å². The van der Waals surface area contributed by atoms with Crippen LogP contribution in [0.2, 0.25) is 0 Å². The van der Waals surface area contributed by atoms with Crippen LogP contribution >= 0.6 is 11.8 Å². The molecule has 1 amide bonds. The van der Waals surface area contributed by atoms with Crippen molar-refractivity contribution >= 4 is 34.3 Å². The minimum atomic E-state index is -0.0387. The molecule has 6 nitrogen and oxygen atoms in total. The molecule has 4 aromatic rings. The quantitative estimate of drug-likeness (QED) is 0.552. The summed E-state index contributed by atoms with van der Waals surface area (Å²) < 4.78 is 1.98. The number of hydrogen-bond acceptors (Lipinski definition) is 5. The second-order valence-electron chi connectivity index (χ2n) is 5.86. The number of aromatic nitrogens is 4. The van der Waals surface area contributed by atoms with Gasteiger partial charge in [0.1, 0.15) is 10.9 Å². The molecule has 2 aromatic heterocycles. The summed E-state index contributed by atoms with van der Waals surface area (Å²) in [6.07, 6.45) is 0. The highest BCUT2D eigenvalue weighted by Gasteiger charge is 2.14. The predicted molar refractivity (Wildman–Crippen MR) is 102 cm³/mol. The molecule has 0 spiro atoms. The summed E-state index contributed by atoms with van der Waals surface area (Å²) in [5.74, 6) is 1.04. The molecular weight excluding hydrogens is 346 g/mol. The zero-order valence-electron chi connectivity index (χ0n) is 14.2. The first kappa shape index (κ1) is 16.5. The molecule has 130 valence electrons. The smallest absolute Gasteiger partial charge is 0.230 e. The van der Waals surface area contributed by atoms with E-state index in [0.717, 1.165) is 22.4 Å². The summed E-state index contributed by atoms with van der Waals surface area (Å²) in [4.78, 5) is 16.9. The summed E-state index contributed by atoms with van der Waals surface area (Å²) in [6.45, 7) is 2.43. The minimum Gasteiger partial charge on any atom is -0.351 e. The van der Waals surface area contributed by atoms with Gasteiger partial charge in [-0.2, -0.15) is 0 Å². The molecule has 0 bridgehead atoms. The number of nitrogens with one attached hydrogen (secondary N) is 1. The van der Waals surface area contributed by atoms with Crippen LogP contribution in [-0.4, -0.2) is 31.2 Å². The predicted octanol–water partition coefficient (Wildman–Crippen LogP) is 2.99. The van der Waals surface area contributed by atoms with Crippen LogP contribution in [0.1, 0.15) is 11.4 Å². The van der Waals surface area contributed by atoms with Crippen LogP contribution in [0.15, 0.2) is 59.6 Å². The van der Waals surface area contributed by atoms with Crippen molar-refractivity contribution < 1.29 is 4.79 Å². The lowest BCUT2D eigenvalue weighted by molar-refractivity contribution is -0.118. The first-order valence-corrected chi connectivity index (χ1v) is 9.25. The molecule has 0 fully saturated rings. The molecule has 2 aromatic carbocycles. The molecule has 4 rings (SSSR count). The van der Waals surface area contributed by atoms with Gasteiger partial charge in [0, 0.05) is 6.54 Å². The van der Waals surface area contributed by atoms with Crippen LogP contribution < -0.4 is 5.32 Å². The van der Waals surface area contributed by atoms with E-state index in [4.69, 9.17) is 0 Å². The van der Waals surface area contributed by atoms with Gasteiger partial charge >= 0.3 is 0 Å². The van der Waals surface area contributed by atoms with Crippen LogP contribution in [0.25, 0.3) is 16.7 Å². The topological polar surface area (TPSA) is 72.2 Å². The van der Waals surface area contributed by atoms with E-state index in [-0.39, 0.29) is 11.7 Å². The van der Waals surface area contributed by atoms with Crippen molar-refractivity contribution in [3.63, 3.8) is 0 Å². The largest absolute Gasteiger partial charge is 0.351 e. The van der Waals surface area contributed by atoms with Gasteiger partial charge in [0.15, 0.2) is 5.65 Å². The van der Waals surface area contributed by atoms with Crippen LogP contribution in [0.5, 0.6) is 0 Å². The highest BCUT2D eigenvalue weighted by atomic mass is 32.2. The fourth-order valence-electron chi connectivity index (χ4n) is 2.77. The van der Waals surface area contributed by atoms with E-state index in [1.54, 1.807) is 0 Å². The molecule has 0 saturated carbocycles. The Bertz CT molecular complexity index is 1080. The number of benzene rings is 2. The number of nitrogens with zero attached hydrogens (tertiary/aromatic N) is 4. The Balaban J connectivity index is 1.52.